The maximum absolute atomic E-state index is 13.4. The largest absolute Gasteiger partial charge is 0.394 e. The molecule has 2 aromatic heterocycles. The van der Waals surface area contributed by atoms with Crippen molar-refractivity contribution in [1.29, 1.82) is 0 Å². The van der Waals surface area contributed by atoms with Crippen molar-refractivity contribution in [2.24, 2.45) is 0 Å². The summed E-state index contributed by atoms with van der Waals surface area (Å²) in [6, 6.07) is 3.58. The predicted octanol–water partition coefficient (Wildman–Crippen LogP) is 3.33. The van der Waals surface area contributed by atoms with Crippen LogP contribution in [0.1, 0.15) is 50.2 Å². The average Bonchev–Trinajstić information content (AvgIpc) is 3.37. The number of carbonyl (C=O) groups is 1. The van der Waals surface area contributed by atoms with Crippen LogP contribution in [-0.2, 0) is 4.79 Å². The lowest BCUT2D eigenvalue weighted by molar-refractivity contribution is -0.123. The van der Waals surface area contributed by atoms with Gasteiger partial charge in [-0.1, -0.05) is 49.8 Å². The summed E-state index contributed by atoms with van der Waals surface area (Å²) in [6.45, 7) is 3.75. The molecule has 3 heterocycles. The number of amides is 1. The first kappa shape index (κ1) is 22.0. The fraction of sp³-hybridized carbons (Fsp3) is 0.455. The number of anilines is 1. The Hall–Kier alpha value is -2.23. The number of aliphatic hydroxyl groups excluding tert-OH is 1. The molecule has 164 valence electrons. The fourth-order valence-corrected chi connectivity index (χ4v) is 5.49. The lowest BCUT2D eigenvalue weighted by Gasteiger charge is -2.22. The van der Waals surface area contributed by atoms with Gasteiger partial charge >= 0.3 is 0 Å². The first-order valence-corrected chi connectivity index (χ1v) is 11.8. The van der Waals surface area contributed by atoms with Crippen LogP contribution in [0.15, 0.2) is 28.0 Å². The number of nitrogens with one attached hydrogen (secondary N) is 1. The van der Waals surface area contributed by atoms with Crippen LogP contribution in [0.5, 0.6) is 0 Å². The van der Waals surface area contributed by atoms with Crippen molar-refractivity contribution < 1.29 is 9.90 Å². The number of thiocarbonyl (C=S) groups is 1. The second-order valence-corrected chi connectivity index (χ2v) is 9.66. The fourth-order valence-electron chi connectivity index (χ4n) is 4.11. The van der Waals surface area contributed by atoms with Crippen molar-refractivity contribution >= 4 is 51.7 Å². The van der Waals surface area contributed by atoms with Gasteiger partial charge in [-0.05, 0) is 43.9 Å². The van der Waals surface area contributed by atoms with Gasteiger partial charge in [0.15, 0.2) is 0 Å². The van der Waals surface area contributed by atoms with E-state index >= 15 is 0 Å². The highest BCUT2D eigenvalue weighted by Crippen LogP contribution is 2.38. The standard InChI is InChI=1S/C22H26N4O3S2/c1-3-14(12-27)23-18-16(20(28)25-10-6-7-13(2)19(25)24-18)11-17-21(29)26(22(30)31-17)15-8-4-5-9-15/h6-7,10-11,14-15,23,27H,3-5,8-9,12H2,1-2H3/b17-11+/t14-/m0/s1. The number of hydrogen-bond donors (Lipinski definition) is 2. The maximum Gasteiger partial charge on any atom is 0.267 e. The molecule has 2 N–H and O–H groups in total. The number of aromatic nitrogens is 2. The Labute approximate surface area is 190 Å². The zero-order valence-corrected chi connectivity index (χ0v) is 19.3. The minimum absolute atomic E-state index is 0.0887. The Balaban J connectivity index is 1.82. The number of carbonyl (C=O) groups excluding carboxylic acids is 1. The molecule has 9 heteroatoms. The van der Waals surface area contributed by atoms with E-state index in [-0.39, 0.29) is 30.2 Å². The normalized spacial score (nSPS) is 19.7. The molecular formula is C22H26N4O3S2. The van der Waals surface area contributed by atoms with Crippen LogP contribution in [0.25, 0.3) is 11.7 Å². The summed E-state index contributed by atoms with van der Waals surface area (Å²) in [5.41, 5.74) is 1.43. The van der Waals surface area contributed by atoms with Crippen LogP contribution < -0.4 is 10.9 Å². The third kappa shape index (κ3) is 4.14. The van der Waals surface area contributed by atoms with Gasteiger partial charge in [-0.15, -0.1) is 0 Å². The Kier molecular flexibility index (Phi) is 6.45. The number of pyridine rings is 1. The van der Waals surface area contributed by atoms with E-state index < -0.39 is 0 Å². The van der Waals surface area contributed by atoms with Crippen molar-refractivity contribution in [3.05, 3.63) is 44.7 Å². The molecule has 2 fully saturated rings. The number of aryl methyl sites for hydroxylation is 1. The molecule has 0 aromatic carbocycles. The molecule has 2 aliphatic rings. The first-order valence-electron chi connectivity index (χ1n) is 10.6. The highest BCUT2D eigenvalue weighted by Gasteiger charge is 2.38. The number of rotatable bonds is 6. The topological polar surface area (TPSA) is 86.9 Å². The molecule has 0 spiro atoms. The monoisotopic (exact) mass is 458 g/mol. The maximum atomic E-state index is 13.4. The van der Waals surface area contributed by atoms with Gasteiger partial charge in [-0.2, -0.15) is 0 Å². The van der Waals surface area contributed by atoms with Crippen LogP contribution in [0, 0.1) is 6.92 Å². The highest BCUT2D eigenvalue weighted by atomic mass is 32.2. The molecule has 1 aliphatic carbocycles. The van der Waals surface area contributed by atoms with Crippen molar-refractivity contribution in [2.75, 3.05) is 11.9 Å². The average molecular weight is 459 g/mol. The number of nitrogens with zero attached hydrogens (tertiary/aromatic N) is 3. The molecule has 0 unspecified atom stereocenters. The van der Waals surface area contributed by atoms with Gasteiger partial charge in [0.25, 0.3) is 11.5 Å². The van der Waals surface area contributed by atoms with E-state index in [0.29, 0.717) is 32.7 Å². The van der Waals surface area contributed by atoms with Gasteiger partial charge in [-0.3, -0.25) is 18.9 Å². The van der Waals surface area contributed by atoms with Gasteiger partial charge < -0.3 is 10.4 Å². The van der Waals surface area contributed by atoms with Gasteiger partial charge in [0.1, 0.15) is 15.8 Å². The van der Waals surface area contributed by atoms with E-state index in [4.69, 9.17) is 12.2 Å². The molecule has 31 heavy (non-hydrogen) atoms. The summed E-state index contributed by atoms with van der Waals surface area (Å²) in [4.78, 5) is 33.4. The van der Waals surface area contributed by atoms with Crippen LogP contribution >= 0.6 is 24.0 Å². The zero-order valence-electron chi connectivity index (χ0n) is 17.6. The lowest BCUT2D eigenvalue weighted by Crippen LogP contribution is -2.36. The summed E-state index contributed by atoms with van der Waals surface area (Å²) in [5.74, 6) is 0.224. The van der Waals surface area contributed by atoms with E-state index in [1.807, 2.05) is 19.9 Å². The van der Waals surface area contributed by atoms with Crippen molar-refractivity contribution in [3.63, 3.8) is 0 Å². The second-order valence-electron chi connectivity index (χ2n) is 7.99. The predicted molar refractivity (Wildman–Crippen MR) is 128 cm³/mol. The second kappa shape index (κ2) is 9.10. The molecule has 0 bridgehead atoms. The highest BCUT2D eigenvalue weighted by molar-refractivity contribution is 8.26. The van der Waals surface area contributed by atoms with Crippen molar-refractivity contribution in [2.45, 2.75) is 58.0 Å². The Bertz CT molecular complexity index is 1120. The minimum atomic E-state index is -0.268. The Morgan fingerprint density at radius 3 is 2.81 bits per heavy atom. The van der Waals surface area contributed by atoms with Gasteiger partial charge in [0.05, 0.1) is 23.1 Å². The van der Waals surface area contributed by atoms with Crippen LogP contribution in [0.3, 0.4) is 0 Å². The summed E-state index contributed by atoms with van der Waals surface area (Å²) in [6.07, 6.45) is 8.06. The zero-order chi connectivity index (χ0) is 22.1. The van der Waals surface area contributed by atoms with Crippen LogP contribution in [-0.4, -0.2) is 48.3 Å². The van der Waals surface area contributed by atoms with E-state index in [2.05, 4.69) is 10.3 Å². The third-order valence-corrected chi connectivity index (χ3v) is 7.26. The van der Waals surface area contributed by atoms with Crippen molar-refractivity contribution in [3.8, 4) is 0 Å². The summed E-state index contributed by atoms with van der Waals surface area (Å²) >= 11 is 6.73. The number of thioether (sulfide) groups is 1. The smallest absolute Gasteiger partial charge is 0.267 e. The number of hydrogen-bond acceptors (Lipinski definition) is 7. The van der Waals surface area contributed by atoms with E-state index in [1.54, 1.807) is 23.2 Å². The van der Waals surface area contributed by atoms with Gasteiger partial charge in [0.2, 0.25) is 0 Å². The molecule has 1 saturated heterocycles. The Morgan fingerprint density at radius 2 is 2.13 bits per heavy atom. The summed E-state index contributed by atoms with van der Waals surface area (Å²) < 4.78 is 2.04. The first-order chi connectivity index (χ1) is 14.9. The number of fused-ring (bicyclic) bond motifs is 1. The van der Waals surface area contributed by atoms with E-state index in [0.717, 1.165) is 31.2 Å². The molecule has 2 aromatic rings. The summed E-state index contributed by atoms with van der Waals surface area (Å²) in [5, 5.41) is 12.8. The quantitative estimate of drug-likeness (QED) is 0.507. The molecule has 1 saturated carbocycles. The van der Waals surface area contributed by atoms with Crippen LogP contribution in [0.2, 0.25) is 0 Å². The van der Waals surface area contributed by atoms with Crippen LogP contribution in [0.4, 0.5) is 5.82 Å². The Morgan fingerprint density at radius 1 is 1.39 bits per heavy atom. The third-order valence-electron chi connectivity index (χ3n) is 5.93. The summed E-state index contributed by atoms with van der Waals surface area (Å²) in [7, 11) is 0. The lowest BCUT2D eigenvalue weighted by atomic mass is 10.2. The van der Waals surface area contributed by atoms with E-state index in [9.17, 15) is 14.7 Å². The SMILES string of the molecule is CC[C@@H](CO)Nc1nc2c(C)cccn2c(=O)c1/C=C1/SC(=S)N(C2CCCC2)C1=O. The molecule has 1 aliphatic heterocycles. The molecular weight excluding hydrogens is 432 g/mol. The molecule has 4 rings (SSSR count). The van der Waals surface area contributed by atoms with Crippen molar-refractivity contribution in [1.82, 2.24) is 14.3 Å². The van der Waals surface area contributed by atoms with E-state index in [1.165, 1.54) is 16.2 Å². The van der Waals surface area contributed by atoms with Gasteiger partial charge in [-0.25, -0.2) is 4.98 Å². The molecule has 1 atom stereocenters. The molecule has 1 amide bonds. The molecule has 0 radical (unpaired) electrons. The van der Waals surface area contributed by atoms with Gasteiger partial charge in [0, 0.05) is 12.2 Å². The molecule has 7 nitrogen and oxygen atoms in total. The minimum Gasteiger partial charge on any atom is -0.394 e. The number of aliphatic hydroxyl groups is 1.